The van der Waals surface area contributed by atoms with Crippen LogP contribution in [0.15, 0.2) is 71.7 Å². The molecule has 0 spiro atoms. The normalized spacial score (nSPS) is 17.6. The van der Waals surface area contributed by atoms with Crippen molar-refractivity contribution in [2.75, 3.05) is 43.1 Å². The second-order valence-corrected chi connectivity index (χ2v) is 9.70. The molecular weight excluding hydrogens is 516 g/mol. The van der Waals surface area contributed by atoms with E-state index < -0.39 is 12.2 Å². The fourth-order valence-electron chi connectivity index (χ4n) is 3.74. The van der Waals surface area contributed by atoms with Crippen LogP contribution in [0.25, 0.3) is 0 Å². The second-order valence-electron chi connectivity index (χ2n) is 7.98. The number of anilines is 2. The largest absolute Gasteiger partial charge is 0.463 e. The zero-order valence-electron chi connectivity index (χ0n) is 20.0. The van der Waals surface area contributed by atoms with Gasteiger partial charge in [0.25, 0.3) is 11.9 Å². The number of benzene rings is 2. The van der Waals surface area contributed by atoms with Gasteiger partial charge in [-0.2, -0.15) is 0 Å². The first-order chi connectivity index (χ1) is 18.0. The number of thiophene rings is 1. The van der Waals surface area contributed by atoms with Crippen molar-refractivity contribution in [3.05, 3.63) is 81.5 Å². The number of carbonyl (C=O) groups excluding carboxylic acids is 3. The molecule has 2 aromatic carbocycles. The van der Waals surface area contributed by atoms with E-state index in [-0.39, 0.29) is 12.5 Å². The quantitative estimate of drug-likeness (QED) is 0.463. The number of aldehydes is 1. The summed E-state index contributed by atoms with van der Waals surface area (Å²) in [5, 5.41) is 2.78. The Bertz CT molecular complexity index is 1270. The maximum atomic E-state index is 12.3. The van der Waals surface area contributed by atoms with Crippen molar-refractivity contribution in [2.45, 2.75) is 6.10 Å². The predicted octanol–water partition coefficient (Wildman–Crippen LogP) is 4.48. The van der Waals surface area contributed by atoms with Crippen molar-refractivity contribution in [1.82, 2.24) is 5.32 Å². The summed E-state index contributed by atoms with van der Waals surface area (Å²) in [5.41, 5.74) is 2.40. The van der Waals surface area contributed by atoms with Crippen molar-refractivity contribution in [3.8, 4) is 0 Å². The summed E-state index contributed by atoms with van der Waals surface area (Å²) in [6.45, 7) is 1.92. The lowest BCUT2D eigenvalue weighted by Crippen LogP contribution is -2.34. The first-order valence-electron chi connectivity index (χ1n) is 11.5. The van der Waals surface area contributed by atoms with Gasteiger partial charge in [0.05, 0.1) is 28.8 Å². The summed E-state index contributed by atoms with van der Waals surface area (Å²) in [6.07, 6.45) is -0.0242. The van der Waals surface area contributed by atoms with Gasteiger partial charge < -0.3 is 14.8 Å². The Morgan fingerprint density at radius 2 is 1.81 bits per heavy atom. The van der Waals surface area contributed by atoms with Gasteiger partial charge in [0.1, 0.15) is 19.0 Å². The molecule has 3 heterocycles. The molecule has 2 amide bonds. The number of amides is 2. The predicted molar refractivity (Wildman–Crippen MR) is 144 cm³/mol. The van der Waals surface area contributed by atoms with E-state index in [0.717, 1.165) is 29.8 Å². The van der Waals surface area contributed by atoms with E-state index in [1.807, 2.05) is 47.4 Å². The average molecular weight is 541 g/mol. The molecule has 3 aromatic rings. The highest BCUT2D eigenvalue weighted by Crippen LogP contribution is 2.26. The van der Waals surface area contributed by atoms with Crippen LogP contribution < -0.4 is 15.1 Å². The van der Waals surface area contributed by atoms with Crippen molar-refractivity contribution < 1.29 is 23.9 Å². The third kappa shape index (κ3) is 6.66. The first kappa shape index (κ1) is 26.2. The number of nitrogens with one attached hydrogen (secondary N) is 1. The minimum Gasteiger partial charge on any atom is -0.463 e. The van der Waals surface area contributed by atoms with Gasteiger partial charge in [-0.15, -0.1) is 11.3 Å². The molecule has 5 rings (SSSR count). The summed E-state index contributed by atoms with van der Waals surface area (Å²) in [5.74, 6) is -0.234. The van der Waals surface area contributed by atoms with Crippen molar-refractivity contribution in [2.24, 2.45) is 4.99 Å². The highest BCUT2D eigenvalue weighted by atomic mass is 35.5. The SMILES string of the molecule is CN=C1OCCN1c1ccc(N2CC(CNC(=O)c3ccc(Cl)s3)OC2=O)cc1.O=Cc1ccccc1. The molecule has 0 bridgehead atoms. The minimum absolute atomic E-state index is 0.232. The molecule has 2 saturated heterocycles. The molecule has 2 aliphatic rings. The molecule has 0 radical (unpaired) electrons. The van der Waals surface area contributed by atoms with Gasteiger partial charge in [-0.25, -0.2) is 9.79 Å². The van der Waals surface area contributed by atoms with Gasteiger partial charge in [-0.1, -0.05) is 41.9 Å². The fraction of sp³-hybridized carbons (Fsp3) is 0.231. The Balaban J connectivity index is 0.000000342. The van der Waals surface area contributed by atoms with E-state index in [2.05, 4.69) is 10.3 Å². The molecule has 11 heteroatoms. The van der Waals surface area contributed by atoms with E-state index in [4.69, 9.17) is 21.1 Å². The van der Waals surface area contributed by atoms with E-state index in [1.54, 1.807) is 36.2 Å². The second kappa shape index (κ2) is 12.4. The third-order valence-corrected chi connectivity index (χ3v) is 6.77. The number of rotatable bonds is 6. The molecule has 2 aliphatic heterocycles. The Morgan fingerprint density at radius 3 is 2.41 bits per heavy atom. The summed E-state index contributed by atoms with van der Waals surface area (Å²) >= 11 is 7.06. The van der Waals surface area contributed by atoms with Crippen LogP contribution in [0.1, 0.15) is 20.0 Å². The standard InChI is InChI=1S/C19H19ClN4O4S.C7H6O/c1-21-18-23(8-9-27-18)12-2-4-13(5-3-12)24-11-14(28-19(24)26)10-22-17(25)15-6-7-16(20)29-15;8-6-7-4-2-1-3-5-7/h2-7,14H,8-11H2,1H3,(H,22,25);1-6H. The number of halogens is 1. The zero-order valence-corrected chi connectivity index (χ0v) is 21.6. The van der Waals surface area contributed by atoms with Crippen LogP contribution in [0.5, 0.6) is 0 Å². The van der Waals surface area contributed by atoms with E-state index in [1.165, 1.54) is 11.3 Å². The van der Waals surface area contributed by atoms with Crippen molar-refractivity contribution in [3.63, 3.8) is 0 Å². The van der Waals surface area contributed by atoms with E-state index in [0.29, 0.717) is 28.4 Å². The lowest BCUT2D eigenvalue weighted by molar-refractivity contribution is 0.0920. The lowest BCUT2D eigenvalue weighted by atomic mass is 10.2. The Kier molecular flexibility index (Phi) is 8.76. The molecule has 9 nitrogen and oxygen atoms in total. The number of carbonyl (C=O) groups is 3. The van der Waals surface area contributed by atoms with Gasteiger partial charge in [0, 0.05) is 24.0 Å². The maximum absolute atomic E-state index is 12.3. The number of ether oxygens (including phenoxy) is 2. The van der Waals surface area contributed by atoms with Gasteiger partial charge in [-0.05, 0) is 36.4 Å². The van der Waals surface area contributed by atoms with Crippen molar-refractivity contribution >= 4 is 58.6 Å². The number of aliphatic imine (C=N–C) groups is 1. The van der Waals surface area contributed by atoms with Gasteiger partial charge in [-0.3, -0.25) is 19.4 Å². The van der Waals surface area contributed by atoms with Gasteiger partial charge in [0.15, 0.2) is 0 Å². The number of nitrogens with zero attached hydrogens (tertiary/aromatic N) is 3. The molecular formula is C26H25ClN4O5S. The lowest BCUT2D eigenvalue weighted by Gasteiger charge is -2.18. The van der Waals surface area contributed by atoms with Crippen LogP contribution >= 0.6 is 22.9 Å². The molecule has 192 valence electrons. The third-order valence-electron chi connectivity index (χ3n) is 5.54. The molecule has 1 unspecified atom stereocenters. The summed E-state index contributed by atoms with van der Waals surface area (Å²) in [6, 6.07) is 20.6. The monoisotopic (exact) mass is 540 g/mol. The highest BCUT2D eigenvalue weighted by Gasteiger charge is 2.33. The Labute approximate surface area is 223 Å². The number of amidine groups is 1. The zero-order chi connectivity index (χ0) is 26.2. The number of hydrogen-bond donors (Lipinski definition) is 1. The smallest absolute Gasteiger partial charge is 0.414 e. The molecule has 37 heavy (non-hydrogen) atoms. The summed E-state index contributed by atoms with van der Waals surface area (Å²) in [7, 11) is 1.69. The fourth-order valence-corrected chi connectivity index (χ4v) is 4.70. The molecule has 1 atom stereocenters. The van der Waals surface area contributed by atoms with Crippen LogP contribution in [0.3, 0.4) is 0 Å². The van der Waals surface area contributed by atoms with Crippen molar-refractivity contribution in [1.29, 1.82) is 0 Å². The number of cyclic esters (lactones) is 1. The van der Waals surface area contributed by atoms with Gasteiger partial charge >= 0.3 is 6.09 Å². The van der Waals surface area contributed by atoms with Crippen LogP contribution in [0.2, 0.25) is 4.34 Å². The number of hydrogen-bond acceptors (Lipinski definition) is 7. The Morgan fingerprint density at radius 1 is 1.11 bits per heavy atom. The molecule has 2 fully saturated rings. The van der Waals surface area contributed by atoms with Crippen LogP contribution in [0.4, 0.5) is 16.2 Å². The summed E-state index contributed by atoms with van der Waals surface area (Å²) in [4.78, 5) is 42.6. The molecule has 1 N–H and O–H groups in total. The average Bonchev–Trinajstić information content (AvgIpc) is 3.68. The van der Waals surface area contributed by atoms with Gasteiger partial charge in [0.2, 0.25) is 0 Å². The van der Waals surface area contributed by atoms with Crippen LogP contribution in [-0.2, 0) is 9.47 Å². The molecule has 1 aromatic heterocycles. The minimum atomic E-state index is -0.434. The van der Waals surface area contributed by atoms with Crippen LogP contribution in [-0.4, -0.2) is 63.7 Å². The molecule has 0 aliphatic carbocycles. The van der Waals surface area contributed by atoms with Crippen LogP contribution in [0, 0.1) is 0 Å². The van der Waals surface area contributed by atoms with E-state index in [9.17, 15) is 14.4 Å². The topological polar surface area (TPSA) is 101 Å². The first-order valence-corrected chi connectivity index (χ1v) is 12.7. The summed E-state index contributed by atoms with van der Waals surface area (Å²) < 4.78 is 11.4. The Hall–Kier alpha value is -3.89. The maximum Gasteiger partial charge on any atom is 0.414 e. The molecule has 0 saturated carbocycles. The van der Waals surface area contributed by atoms with E-state index >= 15 is 0 Å². The highest BCUT2D eigenvalue weighted by molar-refractivity contribution is 7.18.